The molecular formula is C11H12F3NO3S. The van der Waals surface area contributed by atoms with Gasteiger partial charge in [-0.1, -0.05) is 0 Å². The van der Waals surface area contributed by atoms with Gasteiger partial charge in [-0.05, 0) is 0 Å². The predicted octanol–water partition coefficient (Wildman–Crippen LogP) is 2.54. The van der Waals surface area contributed by atoms with Crippen LogP contribution in [0.4, 0.5) is 13.2 Å². The first-order valence-corrected chi connectivity index (χ1v) is 6.41. The van der Waals surface area contributed by atoms with E-state index >= 15 is 0 Å². The molecule has 0 spiro atoms. The maximum atomic E-state index is 12.5. The average molecular weight is 295 g/mol. The van der Waals surface area contributed by atoms with E-state index in [2.05, 4.69) is 4.98 Å². The highest BCUT2D eigenvalue weighted by Crippen LogP contribution is 2.35. The van der Waals surface area contributed by atoms with Crippen molar-refractivity contribution in [2.45, 2.75) is 24.6 Å². The molecule has 1 saturated heterocycles. The summed E-state index contributed by atoms with van der Waals surface area (Å²) in [7, 11) is 1.38. The van der Waals surface area contributed by atoms with Gasteiger partial charge in [-0.3, -0.25) is 4.79 Å². The van der Waals surface area contributed by atoms with Crippen LogP contribution in [0, 0.1) is 0 Å². The minimum atomic E-state index is -4.53. The van der Waals surface area contributed by atoms with Crippen LogP contribution in [0.2, 0.25) is 0 Å². The van der Waals surface area contributed by atoms with Gasteiger partial charge >= 0.3 is 6.18 Å². The molecule has 1 aliphatic rings. The molecule has 0 N–H and O–H groups in total. The first-order chi connectivity index (χ1) is 8.89. The van der Waals surface area contributed by atoms with Crippen molar-refractivity contribution < 1.29 is 27.4 Å². The fourth-order valence-corrected chi connectivity index (χ4v) is 2.77. The molecule has 106 valence electrons. The molecule has 19 heavy (non-hydrogen) atoms. The Bertz CT molecular complexity index is 466. The number of thiazole rings is 1. The average Bonchev–Trinajstić information content (AvgIpc) is 2.88. The third-order valence-corrected chi connectivity index (χ3v) is 4.12. The van der Waals surface area contributed by atoms with Crippen molar-refractivity contribution in [3.8, 4) is 0 Å². The molecule has 2 rings (SSSR count). The van der Waals surface area contributed by atoms with E-state index in [1.54, 1.807) is 0 Å². The van der Waals surface area contributed by atoms with Gasteiger partial charge in [0.15, 0.2) is 5.01 Å². The second-order valence-electron chi connectivity index (χ2n) is 4.17. The zero-order valence-electron chi connectivity index (χ0n) is 10.1. The number of hydrogen-bond donors (Lipinski definition) is 0. The summed E-state index contributed by atoms with van der Waals surface area (Å²) < 4.78 is 47.8. The SMILES string of the molecule is COC1(C(=O)c2cnc(C(F)(F)F)s2)CCOCC1. The number of methoxy groups -OCH3 is 1. The molecule has 0 unspecified atom stereocenters. The first-order valence-electron chi connectivity index (χ1n) is 5.60. The van der Waals surface area contributed by atoms with Crippen molar-refractivity contribution in [2.24, 2.45) is 0 Å². The molecule has 0 amide bonds. The summed E-state index contributed by atoms with van der Waals surface area (Å²) in [5, 5.41) is -1.02. The molecule has 1 aromatic rings. The van der Waals surface area contributed by atoms with Crippen LogP contribution < -0.4 is 0 Å². The number of alkyl halides is 3. The number of carbonyl (C=O) groups excluding carboxylic acids is 1. The summed E-state index contributed by atoms with van der Waals surface area (Å²) in [4.78, 5) is 15.5. The summed E-state index contributed by atoms with van der Waals surface area (Å²) in [6.07, 6.45) is -2.89. The van der Waals surface area contributed by atoms with Crippen LogP contribution in [0.15, 0.2) is 6.20 Å². The van der Waals surface area contributed by atoms with E-state index < -0.39 is 22.6 Å². The van der Waals surface area contributed by atoms with Crippen LogP contribution in [-0.2, 0) is 15.7 Å². The van der Waals surface area contributed by atoms with Gasteiger partial charge in [0.1, 0.15) is 5.60 Å². The van der Waals surface area contributed by atoms with E-state index in [0.29, 0.717) is 37.4 Å². The van der Waals surface area contributed by atoms with Crippen LogP contribution in [0.1, 0.15) is 27.5 Å². The Balaban J connectivity index is 2.25. The number of carbonyl (C=O) groups is 1. The zero-order valence-corrected chi connectivity index (χ0v) is 10.9. The number of Topliss-reactive ketones (excluding diaryl/α,β-unsaturated/α-hetero) is 1. The highest BCUT2D eigenvalue weighted by atomic mass is 32.1. The minimum Gasteiger partial charge on any atom is -0.381 e. The number of aromatic nitrogens is 1. The summed E-state index contributed by atoms with van der Waals surface area (Å²) in [5.41, 5.74) is -1.09. The Morgan fingerprint density at radius 1 is 1.47 bits per heavy atom. The Morgan fingerprint density at radius 2 is 2.11 bits per heavy atom. The van der Waals surface area contributed by atoms with Crippen molar-refractivity contribution >= 4 is 17.1 Å². The molecular weight excluding hydrogens is 283 g/mol. The van der Waals surface area contributed by atoms with Crippen LogP contribution in [0.3, 0.4) is 0 Å². The summed E-state index contributed by atoms with van der Waals surface area (Å²) >= 11 is 0.349. The van der Waals surface area contributed by atoms with Gasteiger partial charge in [0.2, 0.25) is 5.78 Å². The Labute approximate surface area is 111 Å². The molecule has 8 heteroatoms. The molecule has 0 saturated carbocycles. The number of halogens is 3. The number of ketones is 1. The Kier molecular flexibility index (Phi) is 3.93. The molecule has 0 radical (unpaired) electrons. The molecule has 0 aromatic carbocycles. The first kappa shape index (κ1) is 14.4. The topological polar surface area (TPSA) is 48.4 Å². The fraction of sp³-hybridized carbons (Fsp3) is 0.636. The van der Waals surface area contributed by atoms with Gasteiger partial charge in [-0.15, -0.1) is 11.3 Å². The molecule has 0 aliphatic carbocycles. The monoisotopic (exact) mass is 295 g/mol. The number of rotatable bonds is 3. The molecule has 1 aliphatic heterocycles. The summed E-state index contributed by atoms with van der Waals surface area (Å²) in [6, 6.07) is 0. The maximum absolute atomic E-state index is 12.5. The van der Waals surface area contributed by atoms with Crippen molar-refractivity contribution in [1.29, 1.82) is 0 Å². The lowest BCUT2D eigenvalue weighted by atomic mass is 9.89. The van der Waals surface area contributed by atoms with Crippen molar-refractivity contribution in [1.82, 2.24) is 4.98 Å². The van der Waals surface area contributed by atoms with Crippen LogP contribution in [0.25, 0.3) is 0 Å². The van der Waals surface area contributed by atoms with Gasteiger partial charge in [0, 0.05) is 39.4 Å². The largest absolute Gasteiger partial charge is 0.443 e. The molecule has 2 heterocycles. The van der Waals surface area contributed by atoms with Gasteiger partial charge in [0.25, 0.3) is 0 Å². The quantitative estimate of drug-likeness (QED) is 0.804. The van der Waals surface area contributed by atoms with Gasteiger partial charge in [-0.25, -0.2) is 4.98 Å². The lowest BCUT2D eigenvalue weighted by molar-refractivity contribution is -0.137. The lowest BCUT2D eigenvalue weighted by Gasteiger charge is -2.33. The number of nitrogens with zero attached hydrogens (tertiary/aromatic N) is 1. The molecule has 1 fully saturated rings. The van der Waals surface area contributed by atoms with Crippen molar-refractivity contribution in [3.63, 3.8) is 0 Å². The van der Waals surface area contributed by atoms with E-state index in [9.17, 15) is 18.0 Å². The van der Waals surface area contributed by atoms with E-state index in [1.165, 1.54) is 7.11 Å². The standard InChI is InChI=1S/C11H12F3NO3S/c1-17-10(2-4-18-5-3-10)8(16)7-6-15-9(19-7)11(12,13)14/h6H,2-5H2,1H3. The van der Waals surface area contributed by atoms with Crippen molar-refractivity contribution in [3.05, 3.63) is 16.1 Å². The number of hydrogen-bond acceptors (Lipinski definition) is 5. The van der Waals surface area contributed by atoms with Gasteiger partial charge < -0.3 is 9.47 Å². The normalized spacial score (nSPS) is 19.4. The molecule has 1 aromatic heterocycles. The predicted molar refractivity (Wildman–Crippen MR) is 61.2 cm³/mol. The third-order valence-electron chi connectivity index (χ3n) is 3.08. The maximum Gasteiger partial charge on any atom is 0.443 e. The fourth-order valence-electron chi connectivity index (χ4n) is 1.96. The van der Waals surface area contributed by atoms with Crippen LogP contribution in [-0.4, -0.2) is 36.7 Å². The summed E-state index contributed by atoms with van der Waals surface area (Å²) in [6.45, 7) is 0.703. The second-order valence-corrected chi connectivity index (χ2v) is 5.20. The molecule has 0 bridgehead atoms. The van der Waals surface area contributed by atoms with Gasteiger partial charge in [0.05, 0.1) is 4.88 Å². The van der Waals surface area contributed by atoms with Gasteiger partial charge in [-0.2, -0.15) is 13.2 Å². The second kappa shape index (κ2) is 5.18. The van der Waals surface area contributed by atoms with E-state index in [0.717, 1.165) is 6.20 Å². The highest BCUT2D eigenvalue weighted by molar-refractivity contribution is 7.13. The van der Waals surface area contributed by atoms with Crippen LogP contribution in [0.5, 0.6) is 0 Å². The number of ether oxygens (including phenoxy) is 2. The zero-order chi connectivity index (χ0) is 14.1. The smallest absolute Gasteiger partial charge is 0.381 e. The minimum absolute atomic E-state index is 0.0314. The summed E-state index contributed by atoms with van der Waals surface area (Å²) in [5.74, 6) is -0.453. The highest BCUT2D eigenvalue weighted by Gasteiger charge is 2.43. The molecule has 4 nitrogen and oxygen atoms in total. The van der Waals surface area contributed by atoms with E-state index in [4.69, 9.17) is 9.47 Å². The lowest BCUT2D eigenvalue weighted by Crippen LogP contribution is -2.45. The van der Waals surface area contributed by atoms with Crippen molar-refractivity contribution in [2.75, 3.05) is 20.3 Å². The van der Waals surface area contributed by atoms with Crippen LogP contribution >= 0.6 is 11.3 Å². The Hall–Kier alpha value is -0.990. The Morgan fingerprint density at radius 3 is 2.58 bits per heavy atom. The van der Waals surface area contributed by atoms with E-state index in [-0.39, 0.29) is 4.88 Å². The molecule has 0 atom stereocenters. The van der Waals surface area contributed by atoms with E-state index in [1.807, 2.05) is 0 Å². The third kappa shape index (κ3) is 2.80.